The van der Waals surface area contributed by atoms with Gasteiger partial charge in [-0.05, 0) is 18.6 Å². The van der Waals surface area contributed by atoms with E-state index >= 15 is 0 Å². The Morgan fingerprint density at radius 3 is 2.75 bits per heavy atom. The molecule has 3 heteroatoms. The molecule has 0 aliphatic heterocycles. The summed E-state index contributed by atoms with van der Waals surface area (Å²) in [4.78, 5) is 21.5. The molecule has 0 unspecified atom stereocenters. The molecule has 0 saturated carbocycles. The lowest BCUT2D eigenvalue weighted by molar-refractivity contribution is -0.109. The fourth-order valence-corrected chi connectivity index (χ4v) is 1.72. The summed E-state index contributed by atoms with van der Waals surface area (Å²) in [6.07, 6.45) is 4.62. The zero-order chi connectivity index (χ0) is 12.0. The number of thioether (sulfide) groups is 1. The molecule has 0 saturated heterocycles. The summed E-state index contributed by atoms with van der Waals surface area (Å²) >= 11 is 1.25. The predicted octanol–water partition coefficient (Wildman–Crippen LogP) is 3.10. The van der Waals surface area contributed by atoms with Gasteiger partial charge in [-0.2, -0.15) is 0 Å². The lowest BCUT2D eigenvalue weighted by Gasteiger charge is -2.00. The van der Waals surface area contributed by atoms with Crippen LogP contribution in [0.1, 0.15) is 28.4 Å². The zero-order valence-corrected chi connectivity index (χ0v) is 10.2. The summed E-state index contributed by atoms with van der Waals surface area (Å²) in [6, 6.07) is 5.73. The maximum absolute atomic E-state index is 10.8. The summed E-state index contributed by atoms with van der Waals surface area (Å²) in [5, 5.41) is 0.101. The van der Waals surface area contributed by atoms with E-state index in [-0.39, 0.29) is 5.12 Å². The van der Waals surface area contributed by atoms with Crippen molar-refractivity contribution in [1.82, 2.24) is 0 Å². The van der Waals surface area contributed by atoms with Crippen LogP contribution in [0.3, 0.4) is 0 Å². The average molecular weight is 234 g/mol. The average Bonchev–Trinajstić information content (AvgIpc) is 2.25. The van der Waals surface area contributed by atoms with E-state index in [9.17, 15) is 9.59 Å². The van der Waals surface area contributed by atoms with Crippen LogP contribution in [0.25, 0.3) is 6.08 Å². The fraction of sp³-hybridized carbons (Fsp3) is 0.231. The highest BCUT2D eigenvalue weighted by molar-refractivity contribution is 8.13. The molecule has 0 aliphatic carbocycles. The molecule has 0 spiro atoms. The van der Waals surface area contributed by atoms with Crippen LogP contribution < -0.4 is 0 Å². The topological polar surface area (TPSA) is 34.1 Å². The minimum Gasteiger partial charge on any atom is -0.298 e. The number of aldehydes is 1. The van der Waals surface area contributed by atoms with Crippen LogP contribution in [0.4, 0.5) is 0 Å². The summed E-state index contributed by atoms with van der Waals surface area (Å²) in [6.45, 7) is 3.49. The molecule has 84 valence electrons. The molecule has 0 fully saturated rings. The number of hydrogen-bond donors (Lipinski definition) is 0. The first kappa shape index (κ1) is 12.7. The third kappa shape index (κ3) is 4.03. The van der Waals surface area contributed by atoms with Crippen LogP contribution in [-0.2, 0) is 4.79 Å². The van der Waals surface area contributed by atoms with Gasteiger partial charge in [-0.1, -0.05) is 41.6 Å². The van der Waals surface area contributed by atoms with Crippen molar-refractivity contribution in [2.45, 2.75) is 13.8 Å². The third-order valence-electron chi connectivity index (χ3n) is 2.05. The first-order valence-electron chi connectivity index (χ1n) is 4.99. The Balaban J connectivity index is 2.72. The zero-order valence-electron chi connectivity index (χ0n) is 9.40. The van der Waals surface area contributed by atoms with Crippen LogP contribution in [0.15, 0.2) is 24.3 Å². The van der Waals surface area contributed by atoms with Crippen LogP contribution in [0.5, 0.6) is 0 Å². The van der Waals surface area contributed by atoms with Gasteiger partial charge in [-0.15, -0.1) is 0 Å². The molecule has 0 heterocycles. The molecule has 0 aliphatic rings. The van der Waals surface area contributed by atoms with E-state index in [1.807, 2.05) is 37.3 Å². The number of rotatable bonds is 4. The molecule has 0 aromatic heterocycles. The van der Waals surface area contributed by atoms with E-state index in [1.165, 1.54) is 11.8 Å². The molecule has 2 nitrogen and oxygen atoms in total. The Morgan fingerprint density at radius 1 is 1.38 bits per heavy atom. The van der Waals surface area contributed by atoms with E-state index in [0.29, 0.717) is 11.3 Å². The van der Waals surface area contributed by atoms with Gasteiger partial charge in [-0.25, -0.2) is 0 Å². The molecule has 1 aromatic rings. The van der Waals surface area contributed by atoms with Crippen molar-refractivity contribution in [2.24, 2.45) is 0 Å². The van der Waals surface area contributed by atoms with Crippen LogP contribution in [0, 0.1) is 6.92 Å². The molecule has 0 bridgehead atoms. The van der Waals surface area contributed by atoms with Gasteiger partial charge in [0.15, 0.2) is 11.4 Å². The molecule has 0 radical (unpaired) electrons. The number of aryl methyl sites for hydroxylation is 1. The van der Waals surface area contributed by atoms with Gasteiger partial charge >= 0.3 is 0 Å². The molecule has 0 amide bonds. The molecular weight excluding hydrogens is 220 g/mol. The number of carbonyl (C=O) groups is 2. The van der Waals surface area contributed by atoms with Gasteiger partial charge in [-0.3, -0.25) is 9.59 Å². The van der Waals surface area contributed by atoms with E-state index < -0.39 is 0 Å². The second-order valence-corrected chi connectivity index (χ2v) is 4.65. The molecule has 1 aromatic carbocycles. The second-order valence-electron chi connectivity index (χ2n) is 3.46. The van der Waals surface area contributed by atoms with E-state index in [1.54, 1.807) is 6.92 Å². The largest absolute Gasteiger partial charge is 0.298 e. The minimum absolute atomic E-state index is 0.101. The highest BCUT2D eigenvalue weighted by atomic mass is 32.2. The summed E-state index contributed by atoms with van der Waals surface area (Å²) in [5.74, 6) is 0.640. The van der Waals surface area contributed by atoms with E-state index in [0.717, 1.165) is 17.4 Å². The molecule has 0 N–H and O–H groups in total. The van der Waals surface area contributed by atoms with Gasteiger partial charge < -0.3 is 0 Å². The number of hydrogen-bond acceptors (Lipinski definition) is 3. The van der Waals surface area contributed by atoms with E-state index in [4.69, 9.17) is 0 Å². The first-order valence-corrected chi connectivity index (χ1v) is 5.98. The van der Waals surface area contributed by atoms with Gasteiger partial charge in [0.25, 0.3) is 0 Å². The molecular formula is C13H14O2S. The summed E-state index contributed by atoms with van der Waals surface area (Å²) in [7, 11) is 0. The standard InChI is InChI=1S/C13H14O2S/c1-10-5-6-12(13(8-10)9-14)4-3-7-16-11(2)15/h3-6,8-9H,7H2,1-2H3. The van der Waals surface area contributed by atoms with Crippen molar-refractivity contribution in [3.63, 3.8) is 0 Å². The lowest BCUT2D eigenvalue weighted by Crippen LogP contribution is -1.88. The molecule has 0 atom stereocenters. The monoisotopic (exact) mass is 234 g/mol. The fourth-order valence-electron chi connectivity index (χ4n) is 1.29. The summed E-state index contributed by atoms with van der Waals surface area (Å²) in [5.41, 5.74) is 2.64. The SMILES string of the molecule is CC(=O)SCC=Cc1ccc(C)cc1C=O. The van der Waals surface area contributed by atoms with Crippen molar-refractivity contribution >= 4 is 29.2 Å². The van der Waals surface area contributed by atoms with Crippen molar-refractivity contribution in [2.75, 3.05) is 5.75 Å². The first-order chi connectivity index (χ1) is 7.63. The molecule has 1 rings (SSSR count). The Bertz CT molecular complexity index is 422. The van der Waals surface area contributed by atoms with Gasteiger partial charge in [0.1, 0.15) is 0 Å². The van der Waals surface area contributed by atoms with Crippen LogP contribution in [0.2, 0.25) is 0 Å². The minimum atomic E-state index is 0.101. The van der Waals surface area contributed by atoms with Gasteiger partial charge in [0, 0.05) is 18.2 Å². The van der Waals surface area contributed by atoms with Gasteiger partial charge in [0.2, 0.25) is 0 Å². The Morgan fingerprint density at radius 2 is 2.12 bits per heavy atom. The quantitative estimate of drug-likeness (QED) is 0.751. The van der Waals surface area contributed by atoms with Crippen molar-refractivity contribution in [3.05, 3.63) is 41.0 Å². The highest BCUT2D eigenvalue weighted by Gasteiger charge is 1.98. The summed E-state index contributed by atoms with van der Waals surface area (Å²) < 4.78 is 0. The maximum Gasteiger partial charge on any atom is 0.186 e. The Kier molecular flexibility index (Phi) is 4.99. The van der Waals surface area contributed by atoms with Crippen LogP contribution >= 0.6 is 11.8 Å². The van der Waals surface area contributed by atoms with Crippen molar-refractivity contribution in [3.8, 4) is 0 Å². The normalized spacial score (nSPS) is 10.6. The van der Waals surface area contributed by atoms with Crippen molar-refractivity contribution in [1.29, 1.82) is 0 Å². The van der Waals surface area contributed by atoms with Gasteiger partial charge in [0.05, 0.1) is 0 Å². The molecule has 16 heavy (non-hydrogen) atoms. The highest BCUT2D eigenvalue weighted by Crippen LogP contribution is 2.12. The Hall–Kier alpha value is -1.35. The second kappa shape index (κ2) is 6.28. The Labute approximate surface area is 99.7 Å². The number of carbonyl (C=O) groups excluding carboxylic acids is 2. The number of benzene rings is 1. The van der Waals surface area contributed by atoms with Crippen molar-refractivity contribution < 1.29 is 9.59 Å². The van der Waals surface area contributed by atoms with Crippen LogP contribution in [-0.4, -0.2) is 17.2 Å². The van der Waals surface area contributed by atoms with E-state index in [2.05, 4.69) is 0 Å². The predicted molar refractivity (Wildman–Crippen MR) is 68.7 cm³/mol. The maximum atomic E-state index is 10.8. The third-order valence-corrected chi connectivity index (χ3v) is 2.82. The smallest absolute Gasteiger partial charge is 0.186 e. The lowest BCUT2D eigenvalue weighted by atomic mass is 10.1.